The van der Waals surface area contributed by atoms with E-state index in [1.165, 1.54) is 12.8 Å². The molecule has 25 heavy (non-hydrogen) atoms. The summed E-state index contributed by atoms with van der Waals surface area (Å²) in [5.41, 5.74) is 1.75. The van der Waals surface area contributed by atoms with Crippen LogP contribution in [0.15, 0.2) is 47.1 Å². The minimum absolute atomic E-state index is 0.0327. The molecule has 3 rings (SSSR count). The van der Waals surface area contributed by atoms with Crippen molar-refractivity contribution >= 4 is 6.03 Å². The number of nitrogens with one attached hydrogen (secondary N) is 2. The summed E-state index contributed by atoms with van der Waals surface area (Å²) in [5.74, 6) is 0.882. The van der Waals surface area contributed by atoms with E-state index in [2.05, 4.69) is 15.5 Å². The number of carbonyl (C=O) groups excluding carboxylic acids is 1. The Bertz CT molecular complexity index is 666. The number of carbonyl (C=O) groups is 1. The summed E-state index contributed by atoms with van der Waals surface area (Å²) in [7, 11) is 0. The number of furan rings is 1. The Labute approximate surface area is 147 Å². The molecule has 1 fully saturated rings. The third-order valence-corrected chi connectivity index (χ3v) is 4.64. The SMILES string of the molecule is O=C(NCc1ccccc1CO)NCC(c1ccco1)N1CCCC1. The third-order valence-electron chi connectivity index (χ3n) is 4.64. The van der Waals surface area contributed by atoms with Gasteiger partial charge in [-0.25, -0.2) is 4.79 Å². The van der Waals surface area contributed by atoms with Crippen molar-refractivity contribution < 1.29 is 14.3 Å². The molecule has 1 aliphatic rings. The first-order valence-corrected chi connectivity index (χ1v) is 8.74. The van der Waals surface area contributed by atoms with Gasteiger partial charge >= 0.3 is 6.03 Å². The van der Waals surface area contributed by atoms with Crippen LogP contribution >= 0.6 is 0 Å². The normalized spacial score (nSPS) is 15.9. The third kappa shape index (κ3) is 4.61. The molecule has 0 bridgehead atoms. The Kier molecular flexibility index (Phi) is 6.09. The quantitative estimate of drug-likeness (QED) is 0.721. The average Bonchev–Trinajstić information content (AvgIpc) is 3.35. The Morgan fingerprint density at radius 1 is 1.12 bits per heavy atom. The van der Waals surface area contributed by atoms with E-state index in [1.54, 1.807) is 6.26 Å². The van der Waals surface area contributed by atoms with Gasteiger partial charge in [0.05, 0.1) is 18.9 Å². The van der Waals surface area contributed by atoms with E-state index in [0.717, 1.165) is 30.0 Å². The van der Waals surface area contributed by atoms with Crippen LogP contribution in [-0.4, -0.2) is 35.7 Å². The molecule has 1 aliphatic heterocycles. The van der Waals surface area contributed by atoms with E-state index in [1.807, 2.05) is 36.4 Å². The molecule has 0 saturated carbocycles. The number of likely N-dealkylation sites (tertiary alicyclic amines) is 1. The summed E-state index contributed by atoms with van der Waals surface area (Å²) >= 11 is 0. The molecule has 0 radical (unpaired) electrons. The fourth-order valence-electron chi connectivity index (χ4n) is 3.26. The van der Waals surface area contributed by atoms with Crippen molar-refractivity contribution in [2.75, 3.05) is 19.6 Å². The van der Waals surface area contributed by atoms with E-state index in [9.17, 15) is 9.90 Å². The highest BCUT2D eigenvalue weighted by Gasteiger charge is 2.25. The summed E-state index contributed by atoms with van der Waals surface area (Å²) in [6, 6.07) is 11.2. The van der Waals surface area contributed by atoms with E-state index in [4.69, 9.17) is 4.42 Å². The van der Waals surface area contributed by atoms with Crippen molar-refractivity contribution in [1.82, 2.24) is 15.5 Å². The Morgan fingerprint density at radius 3 is 2.56 bits per heavy atom. The lowest BCUT2D eigenvalue weighted by atomic mass is 10.1. The number of aliphatic hydroxyl groups excluding tert-OH is 1. The molecule has 0 aliphatic carbocycles. The highest BCUT2D eigenvalue weighted by atomic mass is 16.3. The minimum Gasteiger partial charge on any atom is -0.468 e. The lowest BCUT2D eigenvalue weighted by molar-refractivity contribution is 0.203. The summed E-state index contributed by atoms with van der Waals surface area (Å²) in [5, 5.41) is 15.1. The molecule has 1 aromatic heterocycles. The van der Waals surface area contributed by atoms with E-state index < -0.39 is 0 Å². The molecule has 3 N–H and O–H groups in total. The van der Waals surface area contributed by atoms with Gasteiger partial charge in [-0.2, -0.15) is 0 Å². The number of hydrogen-bond donors (Lipinski definition) is 3. The molecule has 1 saturated heterocycles. The maximum atomic E-state index is 12.2. The Balaban J connectivity index is 1.53. The minimum atomic E-state index is -0.219. The zero-order chi connectivity index (χ0) is 17.5. The number of rotatable bonds is 7. The maximum Gasteiger partial charge on any atom is 0.315 e. The second kappa shape index (κ2) is 8.69. The van der Waals surface area contributed by atoms with Gasteiger partial charge in [0.2, 0.25) is 0 Å². The van der Waals surface area contributed by atoms with Gasteiger partial charge in [-0.3, -0.25) is 4.90 Å². The number of aliphatic hydroxyl groups is 1. The van der Waals surface area contributed by atoms with Gasteiger partial charge in [0.1, 0.15) is 5.76 Å². The predicted molar refractivity (Wildman–Crippen MR) is 94.9 cm³/mol. The van der Waals surface area contributed by atoms with E-state index >= 15 is 0 Å². The van der Waals surface area contributed by atoms with Crippen LogP contribution in [0.25, 0.3) is 0 Å². The molecular formula is C19H25N3O3. The van der Waals surface area contributed by atoms with Crippen LogP contribution in [0.4, 0.5) is 4.79 Å². The molecule has 2 amide bonds. The fraction of sp³-hybridized carbons (Fsp3) is 0.421. The van der Waals surface area contributed by atoms with Gasteiger partial charge in [0.15, 0.2) is 0 Å². The van der Waals surface area contributed by atoms with Crippen molar-refractivity contribution in [2.24, 2.45) is 0 Å². The van der Waals surface area contributed by atoms with Crippen LogP contribution in [0.2, 0.25) is 0 Å². The predicted octanol–water partition coefficient (Wildman–Crippen LogP) is 2.41. The number of hydrogen-bond acceptors (Lipinski definition) is 4. The summed E-state index contributed by atoms with van der Waals surface area (Å²) in [4.78, 5) is 14.5. The van der Waals surface area contributed by atoms with Crippen LogP contribution < -0.4 is 10.6 Å². The molecular weight excluding hydrogens is 318 g/mol. The molecule has 2 aromatic rings. The smallest absolute Gasteiger partial charge is 0.315 e. The van der Waals surface area contributed by atoms with Crippen molar-refractivity contribution in [3.05, 3.63) is 59.5 Å². The maximum absolute atomic E-state index is 12.2. The lowest BCUT2D eigenvalue weighted by Crippen LogP contribution is -2.41. The first kappa shape index (κ1) is 17.5. The zero-order valence-corrected chi connectivity index (χ0v) is 14.3. The van der Waals surface area contributed by atoms with Gasteiger partial charge in [0.25, 0.3) is 0 Å². The molecule has 1 aromatic carbocycles. The Morgan fingerprint density at radius 2 is 1.88 bits per heavy atom. The van der Waals surface area contributed by atoms with Crippen molar-refractivity contribution in [1.29, 1.82) is 0 Å². The first-order chi connectivity index (χ1) is 12.3. The van der Waals surface area contributed by atoms with Crippen molar-refractivity contribution in [3.8, 4) is 0 Å². The zero-order valence-electron chi connectivity index (χ0n) is 14.3. The number of urea groups is 1. The van der Waals surface area contributed by atoms with Crippen molar-refractivity contribution in [3.63, 3.8) is 0 Å². The molecule has 2 heterocycles. The van der Waals surface area contributed by atoms with Gasteiger partial charge < -0.3 is 20.2 Å². The first-order valence-electron chi connectivity index (χ1n) is 8.74. The topological polar surface area (TPSA) is 77.7 Å². The summed E-state index contributed by atoms with van der Waals surface area (Å²) in [6.45, 7) is 2.91. The number of benzene rings is 1. The molecule has 6 heteroatoms. The van der Waals surface area contributed by atoms with Crippen LogP contribution in [0.3, 0.4) is 0 Å². The average molecular weight is 343 g/mol. The fourth-order valence-corrected chi connectivity index (χ4v) is 3.26. The number of nitrogens with zero attached hydrogens (tertiary/aromatic N) is 1. The van der Waals surface area contributed by atoms with Crippen molar-refractivity contribution in [2.45, 2.75) is 32.0 Å². The highest BCUT2D eigenvalue weighted by Crippen LogP contribution is 2.24. The molecule has 134 valence electrons. The molecule has 6 nitrogen and oxygen atoms in total. The van der Waals surface area contributed by atoms with Gasteiger partial charge in [-0.15, -0.1) is 0 Å². The monoisotopic (exact) mass is 343 g/mol. The van der Waals surface area contributed by atoms with Crippen LogP contribution in [-0.2, 0) is 13.2 Å². The van der Waals surface area contributed by atoms with E-state index in [0.29, 0.717) is 13.1 Å². The van der Waals surface area contributed by atoms with Crippen LogP contribution in [0, 0.1) is 0 Å². The Hall–Kier alpha value is -2.31. The highest BCUT2D eigenvalue weighted by molar-refractivity contribution is 5.73. The second-order valence-corrected chi connectivity index (χ2v) is 6.26. The van der Waals surface area contributed by atoms with Gasteiger partial charge in [-0.1, -0.05) is 24.3 Å². The van der Waals surface area contributed by atoms with E-state index in [-0.39, 0.29) is 18.7 Å². The summed E-state index contributed by atoms with van der Waals surface area (Å²) < 4.78 is 5.56. The lowest BCUT2D eigenvalue weighted by Gasteiger charge is -2.26. The summed E-state index contributed by atoms with van der Waals surface area (Å²) in [6.07, 6.45) is 4.03. The van der Waals surface area contributed by atoms with Crippen LogP contribution in [0.5, 0.6) is 0 Å². The second-order valence-electron chi connectivity index (χ2n) is 6.26. The standard InChI is InChI=1S/C19H25N3O3/c23-14-16-7-2-1-6-15(16)12-20-19(24)21-13-17(18-8-5-11-25-18)22-9-3-4-10-22/h1-2,5-8,11,17,23H,3-4,9-10,12-14H2,(H2,20,21,24). The molecule has 1 unspecified atom stereocenters. The largest absolute Gasteiger partial charge is 0.468 e. The molecule has 0 spiro atoms. The molecule has 1 atom stereocenters. The van der Waals surface area contributed by atoms with Crippen LogP contribution in [0.1, 0.15) is 35.8 Å². The van der Waals surface area contributed by atoms with Gasteiger partial charge in [0, 0.05) is 13.1 Å². The van der Waals surface area contributed by atoms with Gasteiger partial charge in [-0.05, 0) is 49.2 Å². The number of amides is 2.